The van der Waals surface area contributed by atoms with Crippen LogP contribution in [0, 0.1) is 5.92 Å². The lowest BCUT2D eigenvalue weighted by atomic mass is 10.0. The summed E-state index contributed by atoms with van der Waals surface area (Å²) in [4.78, 5) is 14.6. The van der Waals surface area contributed by atoms with Gasteiger partial charge < -0.3 is 10.2 Å². The molecule has 0 unspecified atom stereocenters. The van der Waals surface area contributed by atoms with Crippen molar-refractivity contribution < 1.29 is 4.79 Å². The van der Waals surface area contributed by atoms with E-state index in [0.717, 1.165) is 48.9 Å². The number of thioether (sulfide) groups is 1. The van der Waals surface area contributed by atoms with Crippen molar-refractivity contribution in [3.05, 3.63) is 35.4 Å². The lowest BCUT2D eigenvalue weighted by Crippen LogP contribution is -2.45. The Hall–Kier alpha value is -1.00. The van der Waals surface area contributed by atoms with E-state index in [9.17, 15) is 4.79 Å². The van der Waals surface area contributed by atoms with Crippen molar-refractivity contribution in [3.8, 4) is 0 Å². The van der Waals surface area contributed by atoms with Crippen molar-refractivity contribution in [3.63, 3.8) is 0 Å². The molecule has 4 heteroatoms. The highest BCUT2D eigenvalue weighted by Gasteiger charge is 2.26. The molecule has 1 heterocycles. The average molecular weight is 333 g/mol. The minimum atomic E-state index is 0.195. The molecule has 2 aliphatic rings. The van der Waals surface area contributed by atoms with Gasteiger partial charge in [-0.25, -0.2) is 0 Å². The van der Waals surface area contributed by atoms with Crippen LogP contribution in [0.5, 0.6) is 0 Å². The van der Waals surface area contributed by atoms with Crippen LogP contribution in [0.2, 0.25) is 0 Å². The minimum Gasteiger partial charge on any atom is -0.339 e. The molecule has 2 fully saturated rings. The average Bonchev–Trinajstić information content (AvgIpc) is 3.43. The molecule has 0 spiro atoms. The summed E-state index contributed by atoms with van der Waals surface area (Å²) in [5, 5.41) is 3.67. The van der Waals surface area contributed by atoms with Crippen LogP contribution in [0.1, 0.15) is 48.5 Å². The fraction of sp³-hybridized carbons (Fsp3) is 0.632. The number of piperidine rings is 1. The number of hydrogen-bond acceptors (Lipinski definition) is 3. The molecule has 23 heavy (non-hydrogen) atoms. The number of rotatable bonds is 7. The molecule has 3 nitrogen and oxygen atoms in total. The maximum absolute atomic E-state index is 12.6. The maximum Gasteiger partial charge on any atom is 0.253 e. The third-order valence-electron chi connectivity index (χ3n) is 4.85. The summed E-state index contributed by atoms with van der Waals surface area (Å²) >= 11 is 1.91. The second-order valence-electron chi connectivity index (χ2n) is 6.75. The predicted molar refractivity (Wildman–Crippen MR) is 97.9 cm³/mol. The standard InChI is InChI=1S/C19H28N2OS/c1-2-23-14-16-5-7-17(8-6-16)19(22)21-11-9-18(10-12-21)20-13-15-3-4-15/h5-8,15,18,20H,2-4,9-14H2,1H3. The molecule has 0 bridgehead atoms. The topological polar surface area (TPSA) is 32.3 Å². The first-order chi connectivity index (χ1) is 11.3. The smallest absolute Gasteiger partial charge is 0.253 e. The molecule has 1 aromatic carbocycles. The Kier molecular flexibility index (Phi) is 6.01. The van der Waals surface area contributed by atoms with Crippen LogP contribution in [-0.2, 0) is 5.75 Å². The van der Waals surface area contributed by atoms with Crippen LogP contribution in [0.15, 0.2) is 24.3 Å². The molecule has 1 aromatic rings. The highest BCUT2D eigenvalue weighted by atomic mass is 32.2. The molecule has 0 radical (unpaired) electrons. The number of nitrogens with one attached hydrogen (secondary N) is 1. The second-order valence-corrected chi connectivity index (χ2v) is 8.03. The minimum absolute atomic E-state index is 0.195. The Labute approximate surface area is 144 Å². The first kappa shape index (κ1) is 16.8. The van der Waals surface area contributed by atoms with E-state index in [2.05, 4.69) is 24.4 Å². The lowest BCUT2D eigenvalue weighted by Gasteiger charge is -2.32. The molecule has 1 aliphatic carbocycles. The van der Waals surface area contributed by atoms with E-state index in [-0.39, 0.29) is 5.91 Å². The van der Waals surface area contributed by atoms with Crippen molar-refractivity contribution in [2.24, 2.45) is 5.92 Å². The highest BCUT2D eigenvalue weighted by Crippen LogP contribution is 2.28. The van der Waals surface area contributed by atoms with Crippen LogP contribution < -0.4 is 5.32 Å². The van der Waals surface area contributed by atoms with E-state index in [1.54, 1.807) is 0 Å². The Morgan fingerprint density at radius 1 is 1.17 bits per heavy atom. The van der Waals surface area contributed by atoms with Gasteiger partial charge in [-0.3, -0.25) is 4.79 Å². The van der Waals surface area contributed by atoms with E-state index < -0.39 is 0 Å². The third-order valence-corrected chi connectivity index (χ3v) is 5.79. The van der Waals surface area contributed by atoms with Crippen molar-refractivity contribution in [1.82, 2.24) is 10.2 Å². The third kappa shape index (κ3) is 4.98. The van der Waals surface area contributed by atoms with Gasteiger partial charge in [-0.2, -0.15) is 11.8 Å². The Morgan fingerprint density at radius 3 is 2.48 bits per heavy atom. The Morgan fingerprint density at radius 2 is 1.87 bits per heavy atom. The quantitative estimate of drug-likeness (QED) is 0.829. The summed E-state index contributed by atoms with van der Waals surface area (Å²) in [5.41, 5.74) is 2.14. The number of carbonyl (C=O) groups excluding carboxylic acids is 1. The maximum atomic E-state index is 12.6. The van der Waals surface area contributed by atoms with Gasteiger partial charge in [0.25, 0.3) is 5.91 Å². The molecule has 3 rings (SSSR count). The first-order valence-corrected chi connectivity index (χ1v) is 10.1. The molecule has 1 saturated carbocycles. The number of nitrogens with zero attached hydrogens (tertiary/aromatic N) is 1. The number of benzene rings is 1. The zero-order chi connectivity index (χ0) is 16.1. The monoisotopic (exact) mass is 332 g/mol. The van der Waals surface area contributed by atoms with Gasteiger partial charge in [0, 0.05) is 30.4 Å². The van der Waals surface area contributed by atoms with Gasteiger partial charge in [-0.05, 0) is 61.6 Å². The van der Waals surface area contributed by atoms with Crippen molar-refractivity contribution in [1.29, 1.82) is 0 Å². The van der Waals surface area contributed by atoms with Crippen LogP contribution >= 0.6 is 11.8 Å². The van der Waals surface area contributed by atoms with Gasteiger partial charge in [0.15, 0.2) is 0 Å². The molecular formula is C19H28N2OS. The molecule has 1 amide bonds. The van der Waals surface area contributed by atoms with E-state index in [4.69, 9.17) is 0 Å². The van der Waals surface area contributed by atoms with E-state index in [0.29, 0.717) is 6.04 Å². The summed E-state index contributed by atoms with van der Waals surface area (Å²) in [6.45, 7) is 5.12. The zero-order valence-electron chi connectivity index (χ0n) is 14.1. The van der Waals surface area contributed by atoms with Gasteiger partial charge in [0.1, 0.15) is 0 Å². The van der Waals surface area contributed by atoms with Crippen LogP contribution in [0.3, 0.4) is 0 Å². The number of hydrogen-bond donors (Lipinski definition) is 1. The van der Waals surface area contributed by atoms with Crippen LogP contribution in [0.25, 0.3) is 0 Å². The summed E-state index contributed by atoms with van der Waals surface area (Å²) in [6.07, 6.45) is 4.97. The Balaban J connectivity index is 1.46. The number of carbonyl (C=O) groups is 1. The molecule has 1 aliphatic heterocycles. The number of likely N-dealkylation sites (tertiary alicyclic amines) is 1. The lowest BCUT2D eigenvalue weighted by molar-refractivity contribution is 0.0705. The first-order valence-electron chi connectivity index (χ1n) is 8.95. The zero-order valence-corrected chi connectivity index (χ0v) is 14.9. The number of amides is 1. The molecule has 1 N–H and O–H groups in total. The molecule has 0 atom stereocenters. The summed E-state index contributed by atoms with van der Waals surface area (Å²) in [7, 11) is 0. The van der Waals surface area contributed by atoms with Crippen molar-refractivity contribution >= 4 is 17.7 Å². The fourth-order valence-electron chi connectivity index (χ4n) is 3.09. The highest BCUT2D eigenvalue weighted by molar-refractivity contribution is 7.98. The van der Waals surface area contributed by atoms with Gasteiger partial charge in [-0.15, -0.1) is 0 Å². The predicted octanol–water partition coefficient (Wildman–Crippen LogP) is 3.54. The normalized spacial score (nSPS) is 19.1. The molecule has 0 aromatic heterocycles. The van der Waals surface area contributed by atoms with E-state index in [1.807, 2.05) is 28.8 Å². The molecular weight excluding hydrogens is 304 g/mol. The fourth-order valence-corrected chi connectivity index (χ4v) is 3.72. The molecule has 126 valence electrons. The summed E-state index contributed by atoms with van der Waals surface area (Å²) < 4.78 is 0. The summed E-state index contributed by atoms with van der Waals surface area (Å²) in [6, 6.07) is 8.78. The van der Waals surface area contributed by atoms with E-state index >= 15 is 0 Å². The molecule has 1 saturated heterocycles. The van der Waals surface area contributed by atoms with Crippen molar-refractivity contribution in [2.75, 3.05) is 25.4 Å². The van der Waals surface area contributed by atoms with Gasteiger partial charge >= 0.3 is 0 Å². The second kappa shape index (κ2) is 8.20. The largest absolute Gasteiger partial charge is 0.339 e. The SMILES string of the molecule is CCSCc1ccc(C(=O)N2CCC(NCC3CC3)CC2)cc1. The summed E-state index contributed by atoms with van der Waals surface area (Å²) in [5.74, 6) is 3.28. The van der Waals surface area contributed by atoms with Crippen LogP contribution in [-0.4, -0.2) is 42.2 Å². The van der Waals surface area contributed by atoms with Crippen molar-refractivity contribution in [2.45, 2.75) is 44.4 Å². The van der Waals surface area contributed by atoms with Gasteiger partial charge in [0.2, 0.25) is 0 Å². The van der Waals surface area contributed by atoms with Gasteiger partial charge in [0.05, 0.1) is 0 Å². The van der Waals surface area contributed by atoms with Gasteiger partial charge in [-0.1, -0.05) is 19.1 Å². The Bertz CT molecular complexity index is 505. The van der Waals surface area contributed by atoms with E-state index in [1.165, 1.54) is 24.9 Å². The van der Waals surface area contributed by atoms with Crippen LogP contribution in [0.4, 0.5) is 0 Å².